The summed E-state index contributed by atoms with van der Waals surface area (Å²) in [5.41, 5.74) is 2.12. The van der Waals surface area contributed by atoms with Crippen molar-refractivity contribution >= 4 is 0 Å². The lowest BCUT2D eigenvalue weighted by molar-refractivity contribution is 0.534. The summed E-state index contributed by atoms with van der Waals surface area (Å²) < 4.78 is 5.69. The fourth-order valence-electron chi connectivity index (χ4n) is 1.71. The fourth-order valence-corrected chi connectivity index (χ4v) is 1.71. The number of oxazole rings is 1. The third kappa shape index (κ3) is 2.32. The lowest BCUT2D eigenvalue weighted by atomic mass is 10.1. The Morgan fingerprint density at radius 3 is 2.50 bits per heavy atom. The van der Waals surface area contributed by atoms with Gasteiger partial charge in [0.15, 0.2) is 0 Å². The molecule has 0 radical (unpaired) electrons. The monoisotopic (exact) mass is 215 g/mol. The number of hydrogen-bond acceptors (Lipinski definition) is 2. The van der Waals surface area contributed by atoms with E-state index in [1.165, 1.54) is 0 Å². The molecule has 2 nitrogen and oxygen atoms in total. The van der Waals surface area contributed by atoms with Crippen LogP contribution < -0.4 is 0 Å². The van der Waals surface area contributed by atoms with Gasteiger partial charge in [-0.2, -0.15) is 0 Å². The van der Waals surface area contributed by atoms with Crippen LogP contribution in [-0.4, -0.2) is 4.98 Å². The summed E-state index contributed by atoms with van der Waals surface area (Å²) in [5.74, 6) is 2.27. The molecule has 0 aliphatic heterocycles. The van der Waals surface area contributed by atoms with Crippen LogP contribution in [0.5, 0.6) is 0 Å². The highest BCUT2D eigenvalue weighted by atomic mass is 16.4. The smallest absolute Gasteiger partial charge is 0.226 e. The summed E-state index contributed by atoms with van der Waals surface area (Å²) >= 11 is 0. The first-order valence-corrected chi connectivity index (χ1v) is 5.68. The molecular formula is C14H17NO. The third-order valence-electron chi connectivity index (χ3n) is 2.52. The van der Waals surface area contributed by atoms with E-state index < -0.39 is 0 Å². The Labute approximate surface area is 96.3 Å². The Kier molecular flexibility index (Phi) is 3.09. The first-order chi connectivity index (χ1) is 7.66. The number of aromatic nitrogens is 1. The predicted molar refractivity (Wildman–Crippen MR) is 65.2 cm³/mol. The zero-order valence-corrected chi connectivity index (χ0v) is 10.0. The van der Waals surface area contributed by atoms with E-state index in [0.29, 0.717) is 5.92 Å². The van der Waals surface area contributed by atoms with Crippen LogP contribution in [0.15, 0.2) is 34.7 Å². The first-order valence-electron chi connectivity index (χ1n) is 5.68. The molecule has 0 spiro atoms. The maximum atomic E-state index is 5.69. The van der Waals surface area contributed by atoms with Gasteiger partial charge in [0.25, 0.3) is 0 Å². The Balaban J connectivity index is 2.31. The first kappa shape index (κ1) is 10.9. The van der Waals surface area contributed by atoms with E-state index in [9.17, 15) is 0 Å². The molecule has 0 aliphatic carbocycles. The summed E-state index contributed by atoms with van der Waals surface area (Å²) in [5, 5.41) is 0. The van der Waals surface area contributed by atoms with Crippen molar-refractivity contribution in [3.8, 4) is 11.5 Å². The van der Waals surface area contributed by atoms with E-state index in [1.54, 1.807) is 0 Å². The number of hydrogen-bond donors (Lipinski definition) is 0. The molecule has 84 valence electrons. The Morgan fingerprint density at radius 1 is 1.19 bits per heavy atom. The van der Waals surface area contributed by atoms with Gasteiger partial charge in [0.1, 0.15) is 5.76 Å². The van der Waals surface area contributed by atoms with Crippen molar-refractivity contribution in [3.05, 3.63) is 41.8 Å². The maximum Gasteiger partial charge on any atom is 0.226 e. The molecule has 1 aromatic carbocycles. The van der Waals surface area contributed by atoms with Crippen molar-refractivity contribution in [2.24, 2.45) is 5.92 Å². The molecule has 0 saturated heterocycles. The molecule has 0 bridgehead atoms. The van der Waals surface area contributed by atoms with E-state index in [2.05, 4.69) is 18.8 Å². The van der Waals surface area contributed by atoms with Crippen LogP contribution in [0.1, 0.15) is 25.3 Å². The van der Waals surface area contributed by atoms with Gasteiger partial charge in [0.2, 0.25) is 5.89 Å². The van der Waals surface area contributed by atoms with Gasteiger partial charge < -0.3 is 4.42 Å². The lowest BCUT2D eigenvalue weighted by Crippen LogP contribution is -1.95. The molecule has 0 N–H and O–H groups in total. The van der Waals surface area contributed by atoms with Gasteiger partial charge in [-0.3, -0.25) is 0 Å². The minimum absolute atomic E-state index is 0.604. The highest BCUT2D eigenvalue weighted by Gasteiger charge is 2.11. The minimum atomic E-state index is 0.604. The quantitative estimate of drug-likeness (QED) is 0.777. The third-order valence-corrected chi connectivity index (χ3v) is 2.52. The van der Waals surface area contributed by atoms with E-state index in [0.717, 1.165) is 29.3 Å². The van der Waals surface area contributed by atoms with Gasteiger partial charge in [0.05, 0.1) is 5.69 Å². The molecule has 0 aliphatic rings. The highest BCUT2D eigenvalue weighted by molar-refractivity contribution is 5.53. The van der Waals surface area contributed by atoms with Gasteiger partial charge in [-0.1, -0.05) is 32.0 Å². The molecule has 1 aromatic heterocycles. The molecule has 2 aromatic rings. The molecule has 0 atom stereocenters. The number of rotatable bonds is 3. The Hall–Kier alpha value is -1.57. The van der Waals surface area contributed by atoms with Crippen LogP contribution in [0.3, 0.4) is 0 Å². The predicted octanol–water partition coefficient (Wildman–Crippen LogP) is 3.85. The van der Waals surface area contributed by atoms with E-state index in [4.69, 9.17) is 4.42 Å². The maximum absolute atomic E-state index is 5.69. The summed E-state index contributed by atoms with van der Waals surface area (Å²) in [7, 11) is 0. The molecule has 0 saturated carbocycles. The highest BCUT2D eigenvalue weighted by Crippen LogP contribution is 2.22. The van der Waals surface area contributed by atoms with Gasteiger partial charge in [-0.15, -0.1) is 0 Å². The standard InChI is InChI=1S/C14H17NO/c1-10(2)9-13-11(3)16-14(15-13)12-7-5-4-6-8-12/h4-8,10H,9H2,1-3H3. The zero-order chi connectivity index (χ0) is 11.5. The van der Waals surface area contributed by atoms with Crippen molar-refractivity contribution in [3.63, 3.8) is 0 Å². The van der Waals surface area contributed by atoms with Gasteiger partial charge in [0, 0.05) is 5.56 Å². The molecule has 2 heteroatoms. The van der Waals surface area contributed by atoms with Crippen LogP contribution >= 0.6 is 0 Å². The second kappa shape index (κ2) is 4.52. The Bertz CT molecular complexity index is 457. The van der Waals surface area contributed by atoms with E-state index in [-0.39, 0.29) is 0 Å². The largest absolute Gasteiger partial charge is 0.441 e. The Morgan fingerprint density at radius 2 is 1.88 bits per heavy atom. The van der Waals surface area contributed by atoms with Gasteiger partial charge >= 0.3 is 0 Å². The average Bonchev–Trinajstić information content (AvgIpc) is 2.61. The topological polar surface area (TPSA) is 26.0 Å². The van der Waals surface area contributed by atoms with Crippen molar-refractivity contribution in [1.29, 1.82) is 0 Å². The molecule has 2 rings (SSSR count). The van der Waals surface area contributed by atoms with E-state index in [1.807, 2.05) is 37.3 Å². The van der Waals surface area contributed by atoms with Gasteiger partial charge in [-0.05, 0) is 31.4 Å². The van der Waals surface area contributed by atoms with Crippen LogP contribution in [0.2, 0.25) is 0 Å². The summed E-state index contributed by atoms with van der Waals surface area (Å²) in [6.07, 6.45) is 0.974. The average molecular weight is 215 g/mol. The lowest BCUT2D eigenvalue weighted by Gasteiger charge is -1.99. The van der Waals surface area contributed by atoms with Gasteiger partial charge in [-0.25, -0.2) is 4.98 Å². The van der Waals surface area contributed by atoms with Crippen LogP contribution in [0.25, 0.3) is 11.5 Å². The SMILES string of the molecule is Cc1oc(-c2ccccc2)nc1CC(C)C. The summed E-state index contributed by atoms with van der Waals surface area (Å²) in [6, 6.07) is 10.0. The van der Waals surface area contributed by atoms with Crippen LogP contribution in [0.4, 0.5) is 0 Å². The van der Waals surface area contributed by atoms with Crippen LogP contribution in [0, 0.1) is 12.8 Å². The molecule has 16 heavy (non-hydrogen) atoms. The molecule has 0 amide bonds. The van der Waals surface area contributed by atoms with E-state index >= 15 is 0 Å². The molecule has 0 unspecified atom stereocenters. The van der Waals surface area contributed by atoms with Crippen molar-refractivity contribution < 1.29 is 4.42 Å². The van der Waals surface area contributed by atoms with Crippen molar-refractivity contribution in [2.75, 3.05) is 0 Å². The molecular weight excluding hydrogens is 198 g/mol. The molecule has 0 fully saturated rings. The fraction of sp³-hybridized carbons (Fsp3) is 0.357. The van der Waals surface area contributed by atoms with Crippen LogP contribution in [-0.2, 0) is 6.42 Å². The number of benzene rings is 1. The summed E-state index contributed by atoms with van der Waals surface area (Å²) in [4.78, 5) is 4.55. The van der Waals surface area contributed by atoms with Crippen molar-refractivity contribution in [2.45, 2.75) is 27.2 Å². The second-order valence-electron chi connectivity index (χ2n) is 4.49. The normalized spacial score (nSPS) is 11.0. The second-order valence-corrected chi connectivity index (χ2v) is 4.49. The molecule has 1 heterocycles. The van der Waals surface area contributed by atoms with Crippen molar-refractivity contribution in [1.82, 2.24) is 4.98 Å². The number of nitrogens with zero attached hydrogens (tertiary/aromatic N) is 1. The summed E-state index contributed by atoms with van der Waals surface area (Å²) in [6.45, 7) is 6.36. The minimum Gasteiger partial charge on any atom is -0.441 e. The zero-order valence-electron chi connectivity index (χ0n) is 10.0. The number of aryl methyl sites for hydroxylation is 1.